The highest BCUT2D eigenvalue weighted by atomic mass is 15.1. The average molecular weight is 236 g/mol. The SMILES string of the molecule is C1CCN(CCCNC(C2CC2)C2CC2)CC1. The second-order valence-electron chi connectivity index (χ2n) is 6.41. The lowest BCUT2D eigenvalue weighted by Gasteiger charge is -2.26. The molecule has 2 heteroatoms. The molecule has 0 bridgehead atoms. The van der Waals surface area contributed by atoms with Gasteiger partial charge in [-0.2, -0.15) is 0 Å². The fraction of sp³-hybridized carbons (Fsp3) is 1.00. The summed E-state index contributed by atoms with van der Waals surface area (Å²) in [5, 5.41) is 3.86. The van der Waals surface area contributed by atoms with Crippen LogP contribution in [-0.2, 0) is 0 Å². The maximum Gasteiger partial charge on any atom is 0.0124 e. The van der Waals surface area contributed by atoms with Gasteiger partial charge in [-0.1, -0.05) is 6.42 Å². The van der Waals surface area contributed by atoms with Gasteiger partial charge in [0.2, 0.25) is 0 Å². The van der Waals surface area contributed by atoms with Gasteiger partial charge >= 0.3 is 0 Å². The van der Waals surface area contributed by atoms with Gasteiger partial charge in [0.1, 0.15) is 0 Å². The molecule has 1 saturated heterocycles. The molecule has 3 aliphatic rings. The maximum atomic E-state index is 3.86. The van der Waals surface area contributed by atoms with Crippen molar-refractivity contribution >= 4 is 0 Å². The van der Waals surface area contributed by atoms with E-state index in [2.05, 4.69) is 10.2 Å². The summed E-state index contributed by atoms with van der Waals surface area (Å²) in [5.74, 6) is 2.11. The summed E-state index contributed by atoms with van der Waals surface area (Å²) in [6.07, 6.45) is 11.7. The van der Waals surface area contributed by atoms with Gasteiger partial charge in [-0.25, -0.2) is 0 Å². The van der Waals surface area contributed by atoms with Crippen molar-refractivity contribution in [3.05, 3.63) is 0 Å². The van der Waals surface area contributed by atoms with Crippen LogP contribution >= 0.6 is 0 Å². The Morgan fingerprint density at radius 3 is 2.18 bits per heavy atom. The molecular weight excluding hydrogens is 208 g/mol. The zero-order chi connectivity index (χ0) is 11.5. The summed E-state index contributed by atoms with van der Waals surface area (Å²) in [5.41, 5.74) is 0. The van der Waals surface area contributed by atoms with Gasteiger partial charge in [0.05, 0.1) is 0 Å². The minimum Gasteiger partial charge on any atom is -0.313 e. The molecule has 0 aromatic heterocycles. The Bertz CT molecular complexity index is 215. The largest absolute Gasteiger partial charge is 0.313 e. The van der Waals surface area contributed by atoms with Crippen molar-refractivity contribution in [3.8, 4) is 0 Å². The Kier molecular flexibility index (Phi) is 4.02. The molecule has 2 saturated carbocycles. The minimum atomic E-state index is 0.899. The molecule has 98 valence electrons. The Hall–Kier alpha value is -0.0800. The summed E-state index contributed by atoms with van der Waals surface area (Å²) in [6.45, 7) is 5.30. The van der Waals surface area contributed by atoms with Gasteiger partial charge in [-0.15, -0.1) is 0 Å². The van der Waals surface area contributed by atoms with E-state index in [1.165, 1.54) is 77.5 Å². The number of nitrogens with one attached hydrogen (secondary N) is 1. The van der Waals surface area contributed by atoms with E-state index in [0.29, 0.717) is 0 Å². The Balaban J connectivity index is 1.28. The molecule has 17 heavy (non-hydrogen) atoms. The van der Waals surface area contributed by atoms with Crippen molar-refractivity contribution in [1.29, 1.82) is 0 Å². The Labute approximate surface area is 106 Å². The summed E-state index contributed by atoms with van der Waals surface area (Å²) in [4.78, 5) is 2.66. The van der Waals surface area contributed by atoms with E-state index in [9.17, 15) is 0 Å². The highest BCUT2D eigenvalue weighted by molar-refractivity contribution is 4.96. The van der Waals surface area contributed by atoms with E-state index in [-0.39, 0.29) is 0 Å². The lowest BCUT2D eigenvalue weighted by Crippen LogP contribution is -2.36. The minimum absolute atomic E-state index is 0.899. The molecule has 1 aliphatic heterocycles. The monoisotopic (exact) mass is 236 g/mol. The third-order valence-corrected chi connectivity index (χ3v) is 4.74. The second kappa shape index (κ2) is 5.71. The van der Waals surface area contributed by atoms with Gasteiger partial charge in [0.25, 0.3) is 0 Å². The predicted molar refractivity (Wildman–Crippen MR) is 72.1 cm³/mol. The lowest BCUT2D eigenvalue weighted by atomic mass is 10.1. The van der Waals surface area contributed by atoms with Crippen LogP contribution in [-0.4, -0.2) is 37.1 Å². The normalized spacial score (nSPS) is 26.6. The summed E-state index contributed by atoms with van der Waals surface area (Å²) >= 11 is 0. The molecule has 2 nitrogen and oxygen atoms in total. The highest BCUT2D eigenvalue weighted by Gasteiger charge is 2.40. The molecule has 0 spiro atoms. The van der Waals surface area contributed by atoms with E-state index in [1.807, 2.05) is 0 Å². The first-order chi connectivity index (χ1) is 8.43. The van der Waals surface area contributed by atoms with Crippen LogP contribution in [0.1, 0.15) is 51.4 Å². The smallest absolute Gasteiger partial charge is 0.0124 e. The molecule has 2 aliphatic carbocycles. The Morgan fingerprint density at radius 2 is 1.59 bits per heavy atom. The van der Waals surface area contributed by atoms with Crippen molar-refractivity contribution in [2.45, 2.75) is 57.4 Å². The van der Waals surface area contributed by atoms with Crippen molar-refractivity contribution in [1.82, 2.24) is 10.2 Å². The van der Waals surface area contributed by atoms with Crippen molar-refractivity contribution in [3.63, 3.8) is 0 Å². The third kappa shape index (κ3) is 3.69. The van der Waals surface area contributed by atoms with Crippen molar-refractivity contribution in [2.24, 2.45) is 11.8 Å². The zero-order valence-electron chi connectivity index (χ0n) is 11.2. The quantitative estimate of drug-likeness (QED) is 0.684. The zero-order valence-corrected chi connectivity index (χ0v) is 11.2. The maximum absolute atomic E-state index is 3.86. The van der Waals surface area contributed by atoms with E-state index in [0.717, 1.165) is 17.9 Å². The number of nitrogens with zero attached hydrogens (tertiary/aromatic N) is 1. The van der Waals surface area contributed by atoms with Crippen LogP contribution in [0.4, 0.5) is 0 Å². The summed E-state index contributed by atoms with van der Waals surface area (Å²) in [6, 6.07) is 0.899. The van der Waals surface area contributed by atoms with Gasteiger partial charge in [0, 0.05) is 6.04 Å². The topological polar surface area (TPSA) is 15.3 Å². The van der Waals surface area contributed by atoms with Crippen LogP contribution in [0, 0.1) is 11.8 Å². The van der Waals surface area contributed by atoms with Crippen molar-refractivity contribution < 1.29 is 0 Å². The van der Waals surface area contributed by atoms with E-state index in [4.69, 9.17) is 0 Å². The predicted octanol–water partition coefficient (Wildman–Crippen LogP) is 2.64. The average Bonchev–Trinajstić information content (AvgIpc) is 3.24. The lowest BCUT2D eigenvalue weighted by molar-refractivity contribution is 0.223. The van der Waals surface area contributed by atoms with Gasteiger partial charge < -0.3 is 10.2 Å². The van der Waals surface area contributed by atoms with Crippen LogP contribution in [0.15, 0.2) is 0 Å². The molecule has 3 fully saturated rings. The number of hydrogen-bond acceptors (Lipinski definition) is 2. The molecule has 0 aromatic carbocycles. The standard InChI is InChI=1S/C15H28N2/c1-2-10-17(11-3-1)12-4-9-16-15(13-5-6-13)14-7-8-14/h13-16H,1-12H2. The first kappa shape index (κ1) is 12.0. The molecule has 1 heterocycles. The molecule has 0 unspecified atom stereocenters. The van der Waals surface area contributed by atoms with E-state index < -0.39 is 0 Å². The molecule has 0 amide bonds. The fourth-order valence-corrected chi connectivity index (χ4v) is 3.38. The van der Waals surface area contributed by atoms with E-state index >= 15 is 0 Å². The Morgan fingerprint density at radius 1 is 0.941 bits per heavy atom. The molecular formula is C15H28N2. The van der Waals surface area contributed by atoms with Gasteiger partial charge in [-0.05, 0) is 83.0 Å². The van der Waals surface area contributed by atoms with E-state index in [1.54, 1.807) is 0 Å². The number of likely N-dealkylation sites (tertiary alicyclic amines) is 1. The fourth-order valence-electron chi connectivity index (χ4n) is 3.38. The van der Waals surface area contributed by atoms with Gasteiger partial charge in [-0.3, -0.25) is 0 Å². The van der Waals surface area contributed by atoms with Crippen LogP contribution in [0.3, 0.4) is 0 Å². The van der Waals surface area contributed by atoms with Crippen LogP contribution in [0.5, 0.6) is 0 Å². The second-order valence-corrected chi connectivity index (χ2v) is 6.41. The highest BCUT2D eigenvalue weighted by Crippen LogP contribution is 2.44. The molecule has 0 radical (unpaired) electrons. The number of rotatable bonds is 7. The number of hydrogen-bond donors (Lipinski definition) is 1. The van der Waals surface area contributed by atoms with Gasteiger partial charge in [0.15, 0.2) is 0 Å². The first-order valence-electron chi connectivity index (χ1n) is 7.89. The van der Waals surface area contributed by atoms with Crippen LogP contribution in [0.2, 0.25) is 0 Å². The summed E-state index contributed by atoms with van der Waals surface area (Å²) < 4.78 is 0. The third-order valence-electron chi connectivity index (χ3n) is 4.74. The number of piperidine rings is 1. The molecule has 0 atom stereocenters. The molecule has 1 N–H and O–H groups in total. The molecule has 3 rings (SSSR count). The van der Waals surface area contributed by atoms with Crippen LogP contribution in [0.25, 0.3) is 0 Å². The van der Waals surface area contributed by atoms with Crippen molar-refractivity contribution in [2.75, 3.05) is 26.2 Å². The first-order valence-corrected chi connectivity index (χ1v) is 7.89. The van der Waals surface area contributed by atoms with Crippen LogP contribution < -0.4 is 5.32 Å². The summed E-state index contributed by atoms with van der Waals surface area (Å²) in [7, 11) is 0. The molecule has 0 aromatic rings.